The molecule has 1 aromatic rings. The lowest BCUT2D eigenvalue weighted by molar-refractivity contribution is -0.119. The first-order valence-corrected chi connectivity index (χ1v) is 8.54. The third-order valence-electron chi connectivity index (χ3n) is 3.08. The van der Waals surface area contributed by atoms with Gasteiger partial charge in [-0.1, -0.05) is 13.8 Å². The van der Waals surface area contributed by atoms with Gasteiger partial charge in [0.15, 0.2) is 0 Å². The van der Waals surface area contributed by atoms with Gasteiger partial charge in [-0.3, -0.25) is 9.00 Å². The van der Waals surface area contributed by atoms with E-state index >= 15 is 0 Å². The highest BCUT2D eigenvalue weighted by atomic mass is 79.9. The zero-order valence-electron chi connectivity index (χ0n) is 12.1. The molecule has 0 aromatic heterocycles. The summed E-state index contributed by atoms with van der Waals surface area (Å²) in [6.07, 6.45) is 0. The van der Waals surface area contributed by atoms with Crippen molar-refractivity contribution in [2.75, 3.05) is 5.75 Å². The number of amides is 1. The SMILES string of the molecule is CC(C)C(C)NC(=O)CS(=O)c1ccc(Br)c(C(=O)O)c1. The van der Waals surface area contributed by atoms with Crippen LogP contribution in [0.1, 0.15) is 31.1 Å². The molecule has 0 fully saturated rings. The van der Waals surface area contributed by atoms with E-state index in [1.165, 1.54) is 12.1 Å². The molecule has 0 saturated carbocycles. The van der Waals surface area contributed by atoms with Crippen LogP contribution in [0.25, 0.3) is 0 Å². The van der Waals surface area contributed by atoms with Crippen molar-refractivity contribution in [1.29, 1.82) is 0 Å². The van der Waals surface area contributed by atoms with E-state index < -0.39 is 16.8 Å². The highest BCUT2D eigenvalue weighted by molar-refractivity contribution is 9.10. The molecule has 2 unspecified atom stereocenters. The van der Waals surface area contributed by atoms with Crippen molar-refractivity contribution in [2.24, 2.45) is 5.92 Å². The van der Waals surface area contributed by atoms with Crippen LogP contribution in [0.5, 0.6) is 0 Å². The minimum absolute atomic E-state index is 0.00556. The summed E-state index contributed by atoms with van der Waals surface area (Å²) in [5.74, 6) is -1.32. The Kier molecular flexibility index (Phi) is 6.54. The van der Waals surface area contributed by atoms with Gasteiger partial charge in [-0.05, 0) is 47.0 Å². The van der Waals surface area contributed by atoms with Gasteiger partial charge < -0.3 is 10.4 Å². The van der Waals surface area contributed by atoms with Crippen molar-refractivity contribution in [3.05, 3.63) is 28.2 Å². The van der Waals surface area contributed by atoms with Crippen molar-refractivity contribution < 1.29 is 18.9 Å². The van der Waals surface area contributed by atoms with Crippen LogP contribution in [0.4, 0.5) is 0 Å². The van der Waals surface area contributed by atoms with Crippen molar-refractivity contribution >= 4 is 38.6 Å². The molecule has 5 nitrogen and oxygen atoms in total. The number of aromatic carboxylic acids is 1. The number of carbonyl (C=O) groups is 2. The summed E-state index contributed by atoms with van der Waals surface area (Å²) in [6, 6.07) is 4.38. The summed E-state index contributed by atoms with van der Waals surface area (Å²) in [5, 5.41) is 11.8. The fraction of sp³-hybridized carbons (Fsp3) is 0.429. The van der Waals surface area contributed by atoms with Gasteiger partial charge in [0, 0.05) is 15.4 Å². The first-order valence-electron chi connectivity index (χ1n) is 6.43. The maximum Gasteiger partial charge on any atom is 0.336 e. The Hall–Kier alpha value is -1.21. The predicted molar refractivity (Wildman–Crippen MR) is 84.8 cm³/mol. The van der Waals surface area contributed by atoms with E-state index in [9.17, 15) is 13.8 Å². The second-order valence-electron chi connectivity index (χ2n) is 5.04. The molecule has 0 aliphatic rings. The minimum Gasteiger partial charge on any atom is -0.478 e. The fourth-order valence-electron chi connectivity index (χ4n) is 1.47. The molecule has 116 valence electrons. The van der Waals surface area contributed by atoms with Crippen LogP contribution in [-0.4, -0.2) is 33.0 Å². The lowest BCUT2D eigenvalue weighted by Gasteiger charge is -2.17. The maximum absolute atomic E-state index is 12.1. The lowest BCUT2D eigenvalue weighted by atomic mass is 10.1. The van der Waals surface area contributed by atoms with Crippen LogP contribution in [0.3, 0.4) is 0 Å². The zero-order valence-corrected chi connectivity index (χ0v) is 14.5. The number of carboxylic acids is 1. The molecule has 0 aliphatic heterocycles. The average Bonchev–Trinajstić information content (AvgIpc) is 2.38. The van der Waals surface area contributed by atoms with Crippen LogP contribution in [0.2, 0.25) is 0 Å². The van der Waals surface area contributed by atoms with Gasteiger partial charge in [0.25, 0.3) is 0 Å². The zero-order chi connectivity index (χ0) is 16.2. The fourth-order valence-corrected chi connectivity index (χ4v) is 2.85. The van der Waals surface area contributed by atoms with Gasteiger partial charge in [-0.25, -0.2) is 4.79 Å². The molecular weight excluding hydrogens is 358 g/mol. The Balaban J connectivity index is 2.78. The Morgan fingerprint density at radius 2 is 1.95 bits per heavy atom. The van der Waals surface area contributed by atoms with E-state index in [0.29, 0.717) is 9.37 Å². The summed E-state index contributed by atoms with van der Waals surface area (Å²) in [7, 11) is -1.57. The van der Waals surface area contributed by atoms with E-state index in [4.69, 9.17) is 5.11 Å². The molecule has 7 heteroatoms. The second-order valence-corrected chi connectivity index (χ2v) is 7.34. The third-order valence-corrected chi connectivity index (χ3v) is 5.08. The van der Waals surface area contributed by atoms with E-state index in [1.807, 2.05) is 20.8 Å². The Labute approximate surface area is 134 Å². The molecule has 0 bridgehead atoms. The third kappa shape index (κ3) is 5.24. The normalized spacial score (nSPS) is 13.8. The number of hydrogen-bond donors (Lipinski definition) is 2. The number of rotatable bonds is 6. The summed E-state index contributed by atoms with van der Waals surface area (Å²) < 4.78 is 12.5. The monoisotopic (exact) mass is 375 g/mol. The van der Waals surface area contributed by atoms with Crippen LogP contribution in [0, 0.1) is 5.92 Å². The van der Waals surface area contributed by atoms with E-state index in [1.54, 1.807) is 6.07 Å². The molecule has 2 atom stereocenters. The lowest BCUT2D eigenvalue weighted by Crippen LogP contribution is -2.38. The van der Waals surface area contributed by atoms with Crippen molar-refractivity contribution in [1.82, 2.24) is 5.32 Å². The number of carboxylic acid groups (broad SMARTS) is 1. The molecule has 1 amide bonds. The average molecular weight is 376 g/mol. The highest BCUT2D eigenvalue weighted by Crippen LogP contribution is 2.20. The van der Waals surface area contributed by atoms with E-state index in [-0.39, 0.29) is 29.2 Å². The molecule has 0 spiro atoms. The topological polar surface area (TPSA) is 83.5 Å². The quantitative estimate of drug-likeness (QED) is 0.799. The largest absolute Gasteiger partial charge is 0.478 e. The highest BCUT2D eigenvalue weighted by Gasteiger charge is 2.16. The smallest absolute Gasteiger partial charge is 0.336 e. The minimum atomic E-state index is -1.57. The summed E-state index contributed by atoms with van der Waals surface area (Å²) >= 11 is 3.12. The summed E-state index contributed by atoms with van der Waals surface area (Å²) in [5.41, 5.74) is 0.0248. The van der Waals surface area contributed by atoms with Crippen molar-refractivity contribution in [3.63, 3.8) is 0 Å². The number of benzene rings is 1. The molecule has 0 heterocycles. The predicted octanol–water partition coefficient (Wildman–Crippen LogP) is 2.42. The Morgan fingerprint density at radius 3 is 2.48 bits per heavy atom. The Morgan fingerprint density at radius 1 is 1.33 bits per heavy atom. The van der Waals surface area contributed by atoms with Gasteiger partial charge in [-0.2, -0.15) is 0 Å². The summed E-state index contributed by atoms with van der Waals surface area (Å²) in [4.78, 5) is 23.2. The molecule has 0 aliphatic carbocycles. The molecule has 2 N–H and O–H groups in total. The summed E-state index contributed by atoms with van der Waals surface area (Å²) in [6.45, 7) is 5.85. The number of carbonyl (C=O) groups excluding carboxylic acids is 1. The standard InChI is InChI=1S/C14H18BrNO4S/c1-8(2)9(3)16-13(17)7-21(20)10-4-5-12(15)11(6-10)14(18)19/h4-6,8-9H,7H2,1-3H3,(H,16,17)(H,18,19). The van der Waals surface area contributed by atoms with Crippen molar-refractivity contribution in [2.45, 2.75) is 31.7 Å². The first-order chi connectivity index (χ1) is 9.72. The molecule has 21 heavy (non-hydrogen) atoms. The molecule has 1 rings (SSSR count). The second kappa shape index (κ2) is 7.70. The van der Waals surface area contributed by atoms with Crippen LogP contribution in [-0.2, 0) is 15.6 Å². The van der Waals surface area contributed by atoms with E-state index in [2.05, 4.69) is 21.2 Å². The molecule has 0 saturated heterocycles. The van der Waals surface area contributed by atoms with Gasteiger partial charge in [0.2, 0.25) is 5.91 Å². The maximum atomic E-state index is 12.1. The van der Waals surface area contributed by atoms with Gasteiger partial charge in [0.05, 0.1) is 16.4 Å². The number of halogens is 1. The van der Waals surface area contributed by atoms with Crippen LogP contribution in [0.15, 0.2) is 27.6 Å². The van der Waals surface area contributed by atoms with Gasteiger partial charge in [0.1, 0.15) is 5.75 Å². The number of hydrogen-bond acceptors (Lipinski definition) is 3. The van der Waals surface area contributed by atoms with Crippen molar-refractivity contribution in [3.8, 4) is 0 Å². The molecule has 1 aromatic carbocycles. The number of nitrogens with one attached hydrogen (secondary N) is 1. The van der Waals surface area contributed by atoms with Crippen LogP contribution < -0.4 is 5.32 Å². The Bertz CT molecular complexity index is 574. The van der Waals surface area contributed by atoms with E-state index in [0.717, 1.165) is 0 Å². The molecule has 0 radical (unpaired) electrons. The molecular formula is C14H18BrNO4S. The first kappa shape index (κ1) is 17.8. The van der Waals surface area contributed by atoms with Gasteiger partial charge in [-0.15, -0.1) is 0 Å². The van der Waals surface area contributed by atoms with Crippen LogP contribution >= 0.6 is 15.9 Å². The van der Waals surface area contributed by atoms with Gasteiger partial charge >= 0.3 is 5.97 Å².